The second-order valence-corrected chi connectivity index (χ2v) is 11.3. The molecular weight excluding hydrogens is 516 g/mol. The predicted molar refractivity (Wildman–Crippen MR) is 156 cm³/mol. The van der Waals surface area contributed by atoms with Gasteiger partial charge in [0.2, 0.25) is 0 Å². The number of carboxylic acid groups (broad SMARTS) is 1. The van der Waals surface area contributed by atoms with Crippen LogP contribution in [0.5, 0.6) is 5.75 Å². The van der Waals surface area contributed by atoms with Gasteiger partial charge in [-0.1, -0.05) is 48.4 Å². The highest BCUT2D eigenvalue weighted by molar-refractivity contribution is 5.95. The van der Waals surface area contributed by atoms with Crippen LogP contribution < -0.4 is 4.74 Å². The standard InChI is InChI=1S/C33H36N4O4/c1-21-27-12-13-29-32(21)34-35-37(29)15-6-4-3-5-7-23-9-11-25(18-30(23)41-2)33(40)36-16-14-22-8-10-24(17-26(22)20-36)28(27)19-31(38)39/h8-13,17-18,28H,3-7,14-16,19-20H2,1-2H3,(H,38,39). The summed E-state index contributed by atoms with van der Waals surface area (Å²) in [4.78, 5) is 27.5. The summed E-state index contributed by atoms with van der Waals surface area (Å²) in [6.45, 7) is 3.93. The molecule has 1 N–H and O–H groups in total. The Balaban J connectivity index is 1.42. The Morgan fingerprint density at radius 2 is 1.80 bits per heavy atom. The number of hydrogen-bond acceptors (Lipinski definition) is 5. The van der Waals surface area contributed by atoms with Crippen LogP contribution in [-0.4, -0.2) is 50.5 Å². The molecule has 0 aliphatic carbocycles. The number of nitrogens with zero attached hydrogens (tertiary/aromatic N) is 4. The number of hydrogen-bond donors (Lipinski definition) is 1. The highest BCUT2D eigenvalue weighted by Gasteiger charge is 2.26. The van der Waals surface area contributed by atoms with Crippen LogP contribution in [0.15, 0.2) is 48.5 Å². The number of aliphatic carboxylic acids is 1. The average molecular weight is 553 g/mol. The number of aromatic nitrogens is 3. The molecule has 9 rings (SSSR count). The third kappa shape index (κ3) is 5.31. The van der Waals surface area contributed by atoms with Gasteiger partial charge in [-0.15, -0.1) is 5.10 Å². The van der Waals surface area contributed by atoms with Crippen LogP contribution in [0.1, 0.15) is 81.8 Å². The first-order chi connectivity index (χ1) is 19.9. The number of benzene rings is 3. The number of carbonyl (C=O) groups excluding carboxylic acids is 1. The second kappa shape index (κ2) is 11.4. The molecule has 5 aliphatic rings. The van der Waals surface area contributed by atoms with E-state index in [2.05, 4.69) is 22.4 Å². The molecule has 4 aromatic rings. The summed E-state index contributed by atoms with van der Waals surface area (Å²) < 4.78 is 7.66. The van der Waals surface area contributed by atoms with Gasteiger partial charge >= 0.3 is 5.97 Å². The van der Waals surface area contributed by atoms with Gasteiger partial charge in [-0.2, -0.15) is 0 Å². The number of carbonyl (C=O) groups is 2. The molecular formula is C33H36N4O4. The van der Waals surface area contributed by atoms with Crippen molar-refractivity contribution in [1.29, 1.82) is 0 Å². The van der Waals surface area contributed by atoms with Crippen LogP contribution in [0.4, 0.5) is 0 Å². The molecule has 0 fully saturated rings. The number of carboxylic acids is 1. The Bertz CT molecular complexity index is 1630. The lowest BCUT2D eigenvalue weighted by Gasteiger charge is -2.30. The molecule has 9 bridgehead atoms. The minimum Gasteiger partial charge on any atom is -0.496 e. The molecule has 8 nitrogen and oxygen atoms in total. The van der Waals surface area contributed by atoms with Crippen LogP contribution in [-0.2, 0) is 30.7 Å². The number of rotatable bonds is 3. The molecule has 1 aromatic heterocycles. The summed E-state index contributed by atoms with van der Waals surface area (Å²) in [6.07, 6.45) is 5.83. The molecule has 1 amide bonds. The lowest BCUT2D eigenvalue weighted by atomic mass is 9.83. The van der Waals surface area contributed by atoms with Gasteiger partial charge in [0, 0.05) is 31.1 Å². The molecule has 6 heterocycles. The maximum absolute atomic E-state index is 13.6. The van der Waals surface area contributed by atoms with Gasteiger partial charge < -0.3 is 14.7 Å². The molecule has 0 saturated heterocycles. The summed E-state index contributed by atoms with van der Waals surface area (Å²) in [7, 11) is 1.66. The van der Waals surface area contributed by atoms with Gasteiger partial charge in [0.25, 0.3) is 5.91 Å². The molecule has 41 heavy (non-hydrogen) atoms. The Labute approximate surface area is 239 Å². The first kappa shape index (κ1) is 27.0. The summed E-state index contributed by atoms with van der Waals surface area (Å²) in [6, 6.07) is 16.1. The van der Waals surface area contributed by atoms with Crippen LogP contribution in [0.3, 0.4) is 0 Å². The SMILES string of the molecule is COc1cc2ccc1CCCCCCn1nnc3c(C)c(ccc31)C(CC(=O)O)c1ccc3c(c1)CN(CC3)C2=O. The molecule has 0 spiro atoms. The van der Waals surface area contributed by atoms with Gasteiger partial charge in [0.15, 0.2) is 0 Å². The van der Waals surface area contributed by atoms with E-state index >= 15 is 0 Å². The highest BCUT2D eigenvalue weighted by atomic mass is 16.5. The molecule has 3 aromatic carbocycles. The molecule has 212 valence electrons. The molecule has 8 heteroatoms. The Hall–Kier alpha value is -4.20. The van der Waals surface area contributed by atoms with Crippen LogP contribution >= 0.6 is 0 Å². The number of ether oxygens (including phenoxy) is 1. The lowest BCUT2D eigenvalue weighted by Crippen LogP contribution is -2.36. The van der Waals surface area contributed by atoms with E-state index in [0.717, 1.165) is 89.7 Å². The summed E-state index contributed by atoms with van der Waals surface area (Å²) >= 11 is 0. The third-order valence-corrected chi connectivity index (χ3v) is 8.77. The van der Waals surface area contributed by atoms with Gasteiger partial charge in [-0.3, -0.25) is 9.59 Å². The smallest absolute Gasteiger partial charge is 0.304 e. The molecule has 1 atom stereocenters. The maximum atomic E-state index is 13.6. The Morgan fingerprint density at radius 1 is 0.976 bits per heavy atom. The second-order valence-electron chi connectivity index (χ2n) is 11.3. The van der Waals surface area contributed by atoms with Gasteiger partial charge in [0.05, 0.1) is 19.0 Å². The van der Waals surface area contributed by atoms with Gasteiger partial charge in [-0.25, -0.2) is 4.68 Å². The molecule has 0 saturated carbocycles. The zero-order valence-electron chi connectivity index (χ0n) is 23.7. The summed E-state index contributed by atoms with van der Waals surface area (Å²) in [5.74, 6) is -0.447. The van der Waals surface area contributed by atoms with E-state index in [4.69, 9.17) is 4.74 Å². The first-order valence-corrected chi connectivity index (χ1v) is 14.6. The summed E-state index contributed by atoms with van der Waals surface area (Å²) in [5.41, 5.74) is 8.67. The third-order valence-electron chi connectivity index (χ3n) is 8.77. The quantitative estimate of drug-likeness (QED) is 0.352. The van der Waals surface area contributed by atoms with E-state index in [0.29, 0.717) is 18.7 Å². The first-order valence-electron chi connectivity index (χ1n) is 14.6. The van der Waals surface area contributed by atoms with E-state index in [9.17, 15) is 14.7 Å². The van der Waals surface area contributed by atoms with Crippen molar-refractivity contribution < 1.29 is 19.4 Å². The van der Waals surface area contributed by atoms with E-state index in [1.165, 1.54) is 5.56 Å². The van der Waals surface area contributed by atoms with Crippen LogP contribution in [0.25, 0.3) is 11.0 Å². The highest BCUT2D eigenvalue weighted by Crippen LogP contribution is 2.35. The fraction of sp³-hybridized carbons (Fsp3) is 0.394. The van der Waals surface area contributed by atoms with Crippen LogP contribution in [0, 0.1) is 6.92 Å². The van der Waals surface area contributed by atoms with E-state index in [-0.39, 0.29) is 18.2 Å². The summed E-state index contributed by atoms with van der Waals surface area (Å²) in [5, 5.41) is 18.9. The largest absolute Gasteiger partial charge is 0.496 e. The normalized spacial score (nSPS) is 17.7. The van der Waals surface area contributed by atoms with E-state index in [1.54, 1.807) is 7.11 Å². The van der Waals surface area contributed by atoms with Crippen molar-refractivity contribution in [2.24, 2.45) is 0 Å². The van der Waals surface area contributed by atoms with E-state index < -0.39 is 5.97 Å². The predicted octanol–water partition coefficient (Wildman–Crippen LogP) is 5.67. The van der Waals surface area contributed by atoms with Crippen molar-refractivity contribution >= 4 is 22.9 Å². The molecule has 5 aliphatic heterocycles. The maximum Gasteiger partial charge on any atom is 0.304 e. The fourth-order valence-corrected chi connectivity index (χ4v) is 6.47. The van der Waals surface area contributed by atoms with Gasteiger partial charge in [-0.05, 0) is 84.2 Å². The minimum absolute atomic E-state index is 0.0143. The molecule has 0 radical (unpaired) electrons. The Kier molecular flexibility index (Phi) is 7.47. The lowest BCUT2D eigenvalue weighted by molar-refractivity contribution is -0.137. The van der Waals surface area contributed by atoms with Crippen molar-refractivity contribution in [3.63, 3.8) is 0 Å². The van der Waals surface area contributed by atoms with Gasteiger partial charge in [0.1, 0.15) is 11.3 Å². The topological polar surface area (TPSA) is 97.5 Å². The Morgan fingerprint density at radius 3 is 2.63 bits per heavy atom. The van der Waals surface area contributed by atoms with Crippen molar-refractivity contribution in [1.82, 2.24) is 19.9 Å². The molecule has 1 unspecified atom stereocenters. The van der Waals surface area contributed by atoms with Crippen molar-refractivity contribution in [2.75, 3.05) is 13.7 Å². The average Bonchev–Trinajstić information content (AvgIpc) is 3.40. The monoisotopic (exact) mass is 552 g/mol. The van der Waals surface area contributed by atoms with Crippen molar-refractivity contribution in [3.8, 4) is 5.75 Å². The number of amides is 1. The fourth-order valence-electron chi connectivity index (χ4n) is 6.47. The number of aryl methyl sites for hydroxylation is 3. The minimum atomic E-state index is -0.855. The van der Waals surface area contributed by atoms with E-state index in [1.807, 2.05) is 52.9 Å². The van der Waals surface area contributed by atoms with Crippen molar-refractivity contribution in [3.05, 3.63) is 87.5 Å². The zero-order chi connectivity index (χ0) is 28.5. The zero-order valence-corrected chi connectivity index (χ0v) is 23.7. The number of methoxy groups -OCH3 is 1. The van der Waals surface area contributed by atoms with Crippen LogP contribution in [0.2, 0.25) is 0 Å². The van der Waals surface area contributed by atoms with Crippen molar-refractivity contribution in [2.45, 2.75) is 70.9 Å².